The molecule has 2 N–H and O–H groups in total. The number of imidazole rings is 1. The highest BCUT2D eigenvalue weighted by Gasteiger charge is 2.34. The summed E-state index contributed by atoms with van der Waals surface area (Å²) in [6.07, 6.45) is 0. The second-order valence-electron chi connectivity index (χ2n) is 7.74. The van der Waals surface area contributed by atoms with Crippen LogP contribution in [0.15, 0.2) is 84.1 Å². The van der Waals surface area contributed by atoms with E-state index in [4.69, 9.17) is 16.6 Å². The van der Waals surface area contributed by atoms with E-state index in [9.17, 15) is 4.79 Å². The summed E-state index contributed by atoms with van der Waals surface area (Å²) < 4.78 is 2.07. The Hall–Kier alpha value is -3.57. The highest BCUT2D eigenvalue weighted by Crippen LogP contribution is 2.40. The Morgan fingerprint density at radius 1 is 1.03 bits per heavy atom. The van der Waals surface area contributed by atoms with Gasteiger partial charge in [-0.05, 0) is 55.8 Å². The summed E-state index contributed by atoms with van der Waals surface area (Å²) in [4.78, 5) is 18.3. The summed E-state index contributed by atoms with van der Waals surface area (Å²) in [6, 6.07) is 23.0. The molecule has 1 aliphatic heterocycles. The SMILES string of the molecule is CC1=C(C(=O)Nc2ccc(C)cc2)C(c2cccc(Cl)c2)n2c(nc3ccccc32)N1. The predicted octanol–water partition coefficient (Wildman–Crippen LogP) is 5.93. The van der Waals surface area contributed by atoms with Gasteiger partial charge in [-0.2, -0.15) is 0 Å². The van der Waals surface area contributed by atoms with Gasteiger partial charge in [-0.15, -0.1) is 0 Å². The lowest BCUT2D eigenvalue weighted by Gasteiger charge is -2.30. The number of nitrogens with one attached hydrogen (secondary N) is 2. The lowest BCUT2D eigenvalue weighted by atomic mass is 9.94. The Balaban J connectivity index is 1.66. The van der Waals surface area contributed by atoms with Crippen molar-refractivity contribution in [2.24, 2.45) is 0 Å². The second-order valence-corrected chi connectivity index (χ2v) is 8.17. The molecular formula is C25H21ClN4O. The van der Waals surface area contributed by atoms with Crippen LogP contribution in [0.4, 0.5) is 11.6 Å². The average Bonchev–Trinajstić information content (AvgIpc) is 3.12. The molecule has 5 nitrogen and oxygen atoms in total. The number of aryl methyl sites for hydroxylation is 1. The molecule has 0 aliphatic carbocycles. The van der Waals surface area contributed by atoms with E-state index in [-0.39, 0.29) is 11.9 Å². The topological polar surface area (TPSA) is 59.0 Å². The van der Waals surface area contributed by atoms with E-state index in [2.05, 4.69) is 15.2 Å². The van der Waals surface area contributed by atoms with E-state index in [0.717, 1.165) is 33.5 Å². The number of halogens is 1. The number of aromatic nitrogens is 2. The van der Waals surface area contributed by atoms with Crippen molar-refractivity contribution in [2.45, 2.75) is 19.9 Å². The van der Waals surface area contributed by atoms with Crippen LogP contribution in [-0.2, 0) is 4.79 Å². The number of rotatable bonds is 3. The molecule has 0 bridgehead atoms. The van der Waals surface area contributed by atoms with Crippen LogP contribution in [0.1, 0.15) is 24.1 Å². The van der Waals surface area contributed by atoms with Crippen molar-refractivity contribution in [2.75, 3.05) is 10.6 Å². The van der Waals surface area contributed by atoms with Gasteiger partial charge in [-0.3, -0.25) is 9.36 Å². The van der Waals surface area contributed by atoms with Gasteiger partial charge in [0.15, 0.2) is 0 Å². The third-order valence-corrected chi connectivity index (χ3v) is 5.78. The first kappa shape index (κ1) is 19.4. The number of anilines is 2. The summed E-state index contributed by atoms with van der Waals surface area (Å²) in [5, 5.41) is 7.00. The molecule has 1 aromatic heterocycles. The van der Waals surface area contributed by atoms with E-state index < -0.39 is 0 Å². The fourth-order valence-electron chi connectivity index (χ4n) is 4.09. The number of benzene rings is 3. The number of hydrogen-bond donors (Lipinski definition) is 2. The Bertz CT molecular complexity index is 1340. The smallest absolute Gasteiger partial charge is 0.255 e. The monoisotopic (exact) mass is 428 g/mol. The van der Waals surface area contributed by atoms with Gasteiger partial charge >= 0.3 is 0 Å². The van der Waals surface area contributed by atoms with E-state index >= 15 is 0 Å². The molecule has 5 rings (SSSR count). The van der Waals surface area contributed by atoms with Gasteiger partial charge in [0, 0.05) is 16.4 Å². The van der Waals surface area contributed by atoms with E-state index in [1.165, 1.54) is 0 Å². The van der Waals surface area contributed by atoms with E-state index in [1.54, 1.807) is 0 Å². The molecule has 2 heterocycles. The number of carbonyl (C=O) groups is 1. The standard InChI is InChI=1S/C25H21ClN4O/c1-15-10-12-19(13-11-15)28-24(31)22-16(2)27-25-29-20-8-3-4-9-21(20)30(25)23(22)17-6-5-7-18(26)14-17/h3-14,23H,1-2H3,(H,27,29)(H,28,31). The molecule has 31 heavy (non-hydrogen) atoms. The van der Waals surface area contributed by atoms with Crippen LogP contribution < -0.4 is 10.6 Å². The maximum absolute atomic E-state index is 13.5. The number of para-hydroxylation sites is 2. The van der Waals surface area contributed by atoms with E-state index in [1.807, 2.05) is 86.6 Å². The number of fused-ring (bicyclic) bond motifs is 3. The molecule has 4 aromatic rings. The molecule has 0 radical (unpaired) electrons. The first-order valence-corrected chi connectivity index (χ1v) is 10.5. The lowest BCUT2D eigenvalue weighted by molar-refractivity contribution is -0.113. The summed E-state index contributed by atoms with van der Waals surface area (Å²) in [5.74, 6) is 0.540. The van der Waals surface area contributed by atoms with Crippen molar-refractivity contribution in [1.82, 2.24) is 9.55 Å². The first-order valence-electron chi connectivity index (χ1n) is 10.1. The number of nitrogens with zero attached hydrogens (tertiary/aromatic N) is 2. The maximum Gasteiger partial charge on any atom is 0.255 e. The molecule has 1 unspecified atom stereocenters. The number of hydrogen-bond acceptors (Lipinski definition) is 3. The molecule has 6 heteroatoms. The largest absolute Gasteiger partial charge is 0.329 e. The highest BCUT2D eigenvalue weighted by molar-refractivity contribution is 6.30. The molecule has 3 aromatic carbocycles. The summed E-state index contributed by atoms with van der Waals surface area (Å²) in [6.45, 7) is 3.93. The van der Waals surface area contributed by atoms with Crippen LogP contribution in [0.5, 0.6) is 0 Å². The van der Waals surface area contributed by atoms with Crippen molar-refractivity contribution < 1.29 is 4.79 Å². The van der Waals surface area contributed by atoms with Gasteiger partial charge in [0.1, 0.15) is 0 Å². The van der Waals surface area contributed by atoms with E-state index in [0.29, 0.717) is 16.5 Å². The number of carbonyl (C=O) groups excluding carboxylic acids is 1. The van der Waals surface area contributed by atoms with Gasteiger partial charge in [-0.1, -0.05) is 53.6 Å². The number of allylic oxidation sites excluding steroid dienone is 1. The summed E-state index contributed by atoms with van der Waals surface area (Å²) in [7, 11) is 0. The fraction of sp³-hybridized carbons (Fsp3) is 0.120. The minimum Gasteiger partial charge on any atom is -0.329 e. The Morgan fingerprint density at radius 2 is 1.81 bits per heavy atom. The molecule has 0 saturated carbocycles. The van der Waals surface area contributed by atoms with Crippen molar-refractivity contribution in [3.63, 3.8) is 0 Å². The van der Waals surface area contributed by atoms with Gasteiger partial charge in [0.25, 0.3) is 5.91 Å². The van der Waals surface area contributed by atoms with Crippen molar-refractivity contribution in [3.8, 4) is 0 Å². The van der Waals surface area contributed by atoms with Gasteiger partial charge in [-0.25, -0.2) is 4.98 Å². The second kappa shape index (κ2) is 7.60. The Morgan fingerprint density at radius 3 is 2.58 bits per heavy atom. The van der Waals surface area contributed by atoms with Crippen LogP contribution >= 0.6 is 11.6 Å². The molecular weight excluding hydrogens is 408 g/mol. The van der Waals surface area contributed by atoms with Crippen LogP contribution in [-0.4, -0.2) is 15.5 Å². The lowest BCUT2D eigenvalue weighted by Crippen LogP contribution is -2.30. The zero-order valence-electron chi connectivity index (χ0n) is 17.2. The molecule has 0 spiro atoms. The zero-order chi connectivity index (χ0) is 21.5. The Labute approximate surface area is 185 Å². The maximum atomic E-state index is 13.5. The molecule has 0 fully saturated rings. The normalized spacial score (nSPS) is 15.5. The van der Waals surface area contributed by atoms with Crippen molar-refractivity contribution >= 4 is 40.2 Å². The van der Waals surface area contributed by atoms with Crippen LogP contribution in [0.3, 0.4) is 0 Å². The molecule has 1 atom stereocenters. The highest BCUT2D eigenvalue weighted by atomic mass is 35.5. The fourth-order valence-corrected chi connectivity index (χ4v) is 4.28. The number of amides is 1. The van der Waals surface area contributed by atoms with Gasteiger partial charge in [0.05, 0.1) is 22.6 Å². The van der Waals surface area contributed by atoms with Crippen LogP contribution in [0.2, 0.25) is 5.02 Å². The third kappa shape index (κ3) is 3.47. The quantitative estimate of drug-likeness (QED) is 0.425. The zero-order valence-corrected chi connectivity index (χ0v) is 17.9. The predicted molar refractivity (Wildman–Crippen MR) is 125 cm³/mol. The van der Waals surface area contributed by atoms with Crippen molar-refractivity contribution in [1.29, 1.82) is 0 Å². The third-order valence-electron chi connectivity index (χ3n) is 5.55. The average molecular weight is 429 g/mol. The van der Waals surface area contributed by atoms with Crippen LogP contribution in [0.25, 0.3) is 11.0 Å². The summed E-state index contributed by atoms with van der Waals surface area (Å²) in [5.41, 5.74) is 6.01. The van der Waals surface area contributed by atoms with Gasteiger partial charge < -0.3 is 10.6 Å². The first-order chi connectivity index (χ1) is 15.0. The molecule has 154 valence electrons. The molecule has 1 amide bonds. The molecule has 1 aliphatic rings. The molecule has 0 saturated heterocycles. The Kier molecular flexibility index (Phi) is 4.75. The minimum absolute atomic E-state index is 0.165. The summed E-state index contributed by atoms with van der Waals surface area (Å²) >= 11 is 6.33. The van der Waals surface area contributed by atoms with Crippen molar-refractivity contribution in [3.05, 3.63) is 100 Å². The minimum atomic E-state index is -0.368. The van der Waals surface area contributed by atoms with Crippen LogP contribution in [0, 0.1) is 6.92 Å². The van der Waals surface area contributed by atoms with Gasteiger partial charge in [0.2, 0.25) is 5.95 Å².